The van der Waals surface area contributed by atoms with Gasteiger partial charge in [-0.1, -0.05) is 41.4 Å². The number of carbonyl (C=O) groups excluding carboxylic acids is 1. The number of benzene rings is 2. The Balaban J connectivity index is 1.41. The van der Waals surface area contributed by atoms with Gasteiger partial charge in [0.2, 0.25) is 5.91 Å². The van der Waals surface area contributed by atoms with E-state index in [1.807, 2.05) is 24.3 Å². The van der Waals surface area contributed by atoms with E-state index >= 15 is 0 Å². The van der Waals surface area contributed by atoms with Gasteiger partial charge < -0.3 is 10.2 Å². The number of piperidine rings is 1. The van der Waals surface area contributed by atoms with Crippen molar-refractivity contribution in [1.29, 1.82) is 0 Å². The molecule has 2 aromatic carbocycles. The number of rotatable bonds is 4. The van der Waals surface area contributed by atoms with Gasteiger partial charge in [-0.15, -0.1) is 10.2 Å². The fourth-order valence-corrected chi connectivity index (χ4v) is 3.67. The summed E-state index contributed by atoms with van der Waals surface area (Å²) in [5.74, 6) is 0.754. The summed E-state index contributed by atoms with van der Waals surface area (Å²) in [7, 11) is 0. The number of aryl methyl sites for hydroxylation is 1. The summed E-state index contributed by atoms with van der Waals surface area (Å²) < 4.78 is 0. The van der Waals surface area contributed by atoms with Crippen LogP contribution >= 0.6 is 11.6 Å². The molecular weight excluding hydrogens is 384 g/mol. The first-order valence-corrected chi connectivity index (χ1v) is 10.2. The van der Waals surface area contributed by atoms with E-state index in [1.54, 1.807) is 12.1 Å². The second-order valence-electron chi connectivity index (χ2n) is 7.42. The van der Waals surface area contributed by atoms with Gasteiger partial charge >= 0.3 is 0 Å². The minimum atomic E-state index is -0.0852. The highest BCUT2D eigenvalue weighted by molar-refractivity contribution is 6.30. The molecule has 0 aliphatic carbocycles. The normalized spacial score (nSPS) is 16.5. The lowest BCUT2D eigenvalue weighted by Crippen LogP contribution is -2.41. The number of nitrogens with zero attached hydrogens (tertiary/aromatic N) is 3. The van der Waals surface area contributed by atoms with E-state index in [4.69, 9.17) is 11.6 Å². The van der Waals surface area contributed by atoms with Gasteiger partial charge in [0.05, 0.1) is 11.6 Å². The fourth-order valence-electron chi connectivity index (χ4n) is 3.55. The number of aromatic nitrogens is 2. The van der Waals surface area contributed by atoms with Gasteiger partial charge in [-0.05, 0) is 56.2 Å². The molecule has 2 heterocycles. The average Bonchev–Trinajstić information content (AvgIpc) is 2.76. The SMILES string of the molecule is Cc1ccc(-c2ccc(N3CCCC(C(=O)Nc4ccc(Cl)cc4)C3)nn2)cc1. The smallest absolute Gasteiger partial charge is 0.229 e. The quantitative estimate of drug-likeness (QED) is 0.665. The molecule has 1 aliphatic rings. The first-order chi connectivity index (χ1) is 14.1. The molecular formula is C23H23ClN4O. The predicted molar refractivity (Wildman–Crippen MR) is 117 cm³/mol. The molecule has 1 aliphatic heterocycles. The van der Waals surface area contributed by atoms with Crippen LogP contribution in [0, 0.1) is 12.8 Å². The highest BCUT2D eigenvalue weighted by Crippen LogP contribution is 2.25. The molecule has 0 saturated carbocycles. The number of nitrogens with one attached hydrogen (secondary N) is 1. The zero-order valence-corrected chi connectivity index (χ0v) is 17.1. The molecule has 6 heteroatoms. The van der Waals surface area contributed by atoms with E-state index in [0.717, 1.165) is 42.1 Å². The number of carbonyl (C=O) groups is 1. The van der Waals surface area contributed by atoms with Crippen molar-refractivity contribution in [2.75, 3.05) is 23.3 Å². The van der Waals surface area contributed by atoms with Crippen LogP contribution in [-0.2, 0) is 4.79 Å². The van der Waals surface area contributed by atoms with Crippen LogP contribution in [0.2, 0.25) is 5.02 Å². The molecule has 0 radical (unpaired) electrons. The molecule has 1 aromatic heterocycles. The van der Waals surface area contributed by atoms with Crippen molar-refractivity contribution < 1.29 is 4.79 Å². The lowest BCUT2D eigenvalue weighted by atomic mass is 9.97. The third-order valence-electron chi connectivity index (χ3n) is 5.23. The van der Waals surface area contributed by atoms with Gasteiger partial charge in [0.25, 0.3) is 0 Å². The summed E-state index contributed by atoms with van der Waals surface area (Å²) in [6, 6.07) is 19.4. The molecule has 1 saturated heterocycles. The Kier molecular flexibility index (Phi) is 5.76. The molecule has 1 atom stereocenters. The van der Waals surface area contributed by atoms with E-state index in [0.29, 0.717) is 11.6 Å². The van der Waals surface area contributed by atoms with Crippen molar-refractivity contribution in [3.63, 3.8) is 0 Å². The molecule has 0 spiro atoms. The van der Waals surface area contributed by atoms with E-state index in [-0.39, 0.29) is 11.8 Å². The van der Waals surface area contributed by atoms with Crippen molar-refractivity contribution in [1.82, 2.24) is 10.2 Å². The predicted octanol–water partition coefficient (Wildman–Crippen LogP) is 4.96. The summed E-state index contributed by atoms with van der Waals surface area (Å²) in [6.45, 7) is 3.58. The van der Waals surface area contributed by atoms with E-state index in [2.05, 4.69) is 51.6 Å². The maximum absolute atomic E-state index is 12.7. The van der Waals surface area contributed by atoms with Crippen LogP contribution in [0.1, 0.15) is 18.4 Å². The Hall–Kier alpha value is -2.92. The van der Waals surface area contributed by atoms with Crippen molar-refractivity contribution in [2.24, 2.45) is 5.92 Å². The fraction of sp³-hybridized carbons (Fsp3) is 0.261. The zero-order valence-electron chi connectivity index (χ0n) is 16.3. The van der Waals surface area contributed by atoms with Crippen LogP contribution in [-0.4, -0.2) is 29.2 Å². The topological polar surface area (TPSA) is 58.1 Å². The Morgan fingerprint density at radius 2 is 1.79 bits per heavy atom. The van der Waals surface area contributed by atoms with Crippen molar-refractivity contribution in [3.05, 3.63) is 71.2 Å². The highest BCUT2D eigenvalue weighted by atomic mass is 35.5. The van der Waals surface area contributed by atoms with Gasteiger partial charge in [-0.3, -0.25) is 4.79 Å². The molecule has 0 bridgehead atoms. The third kappa shape index (κ3) is 4.74. The summed E-state index contributed by atoms with van der Waals surface area (Å²) in [5.41, 5.74) is 3.88. The number of amides is 1. The number of anilines is 2. The first-order valence-electron chi connectivity index (χ1n) is 9.80. The summed E-state index contributed by atoms with van der Waals surface area (Å²) in [4.78, 5) is 14.8. The number of hydrogen-bond donors (Lipinski definition) is 1. The maximum Gasteiger partial charge on any atom is 0.229 e. The van der Waals surface area contributed by atoms with Crippen molar-refractivity contribution in [3.8, 4) is 11.3 Å². The second kappa shape index (κ2) is 8.62. The van der Waals surface area contributed by atoms with Crippen LogP contribution in [0.15, 0.2) is 60.7 Å². The lowest BCUT2D eigenvalue weighted by molar-refractivity contribution is -0.120. The molecule has 4 rings (SSSR count). The molecule has 1 amide bonds. The van der Waals surface area contributed by atoms with Gasteiger partial charge in [0, 0.05) is 29.4 Å². The largest absolute Gasteiger partial charge is 0.354 e. The molecule has 3 aromatic rings. The molecule has 1 fully saturated rings. The third-order valence-corrected chi connectivity index (χ3v) is 5.48. The standard InChI is InChI=1S/C23H23ClN4O/c1-16-4-6-17(7-5-16)21-12-13-22(27-26-21)28-14-2-3-18(15-28)23(29)25-20-10-8-19(24)9-11-20/h4-13,18H,2-3,14-15H2,1H3,(H,25,29). The van der Waals surface area contributed by atoms with Crippen molar-refractivity contribution >= 4 is 29.0 Å². The molecule has 148 valence electrons. The Bertz CT molecular complexity index is 971. The minimum absolute atomic E-state index is 0.0289. The van der Waals surface area contributed by atoms with Gasteiger partial charge in [-0.25, -0.2) is 0 Å². The minimum Gasteiger partial charge on any atom is -0.354 e. The van der Waals surface area contributed by atoms with Crippen LogP contribution in [0.5, 0.6) is 0 Å². The van der Waals surface area contributed by atoms with Gasteiger partial charge in [-0.2, -0.15) is 0 Å². The van der Waals surface area contributed by atoms with Crippen LogP contribution < -0.4 is 10.2 Å². The van der Waals surface area contributed by atoms with E-state index in [9.17, 15) is 4.79 Å². The van der Waals surface area contributed by atoms with Gasteiger partial charge in [0.1, 0.15) is 0 Å². The van der Waals surface area contributed by atoms with E-state index in [1.165, 1.54) is 5.56 Å². The molecule has 29 heavy (non-hydrogen) atoms. The highest BCUT2D eigenvalue weighted by Gasteiger charge is 2.26. The Labute approximate surface area is 175 Å². The van der Waals surface area contributed by atoms with Gasteiger partial charge in [0.15, 0.2) is 5.82 Å². The number of hydrogen-bond acceptors (Lipinski definition) is 4. The van der Waals surface area contributed by atoms with Crippen LogP contribution in [0.4, 0.5) is 11.5 Å². The molecule has 1 N–H and O–H groups in total. The van der Waals surface area contributed by atoms with Crippen LogP contribution in [0.25, 0.3) is 11.3 Å². The first kappa shape index (κ1) is 19.4. The van der Waals surface area contributed by atoms with E-state index < -0.39 is 0 Å². The lowest BCUT2D eigenvalue weighted by Gasteiger charge is -2.32. The summed E-state index contributed by atoms with van der Waals surface area (Å²) >= 11 is 5.91. The average molecular weight is 407 g/mol. The summed E-state index contributed by atoms with van der Waals surface area (Å²) in [5, 5.41) is 12.5. The Morgan fingerprint density at radius 3 is 2.48 bits per heavy atom. The monoisotopic (exact) mass is 406 g/mol. The Morgan fingerprint density at radius 1 is 1.03 bits per heavy atom. The zero-order chi connectivity index (χ0) is 20.2. The van der Waals surface area contributed by atoms with Crippen LogP contribution in [0.3, 0.4) is 0 Å². The second-order valence-corrected chi connectivity index (χ2v) is 7.86. The molecule has 1 unspecified atom stereocenters. The van der Waals surface area contributed by atoms with Crippen molar-refractivity contribution in [2.45, 2.75) is 19.8 Å². The molecule has 5 nitrogen and oxygen atoms in total. The summed E-state index contributed by atoms with van der Waals surface area (Å²) in [6.07, 6.45) is 1.81. The number of halogens is 1. The maximum atomic E-state index is 12.7.